The maximum atomic E-state index is 12.4. The first kappa shape index (κ1) is 12.9. The smallest absolute Gasteiger partial charge is 0.234 e. The molecule has 0 bridgehead atoms. The zero-order valence-corrected chi connectivity index (χ0v) is 13.2. The lowest BCUT2D eigenvalue weighted by Gasteiger charge is -2.10. The zero-order chi connectivity index (χ0) is 13.6. The molecule has 0 unspecified atom stereocenters. The van der Waals surface area contributed by atoms with Crippen molar-refractivity contribution in [2.24, 2.45) is 0 Å². The normalized spacial score (nSPS) is 17.9. The summed E-state index contributed by atoms with van der Waals surface area (Å²) in [5, 5.41) is 2.09. The van der Waals surface area contributed by atoms with Gasteiger partial charge in [-0.2, -0.15) is 0 Å². The van der Waals surface area contributed by atoms with Crippen LogP contribution in [0, 0.1) is 6.92 Å². The Bertz CT molecular complexity index is 649. The largest absolute Gasteiger partial charge is 0.315 e. The number of benzene rings is 1. The van der Waals surface area contributed by atoms with E-state index in [0.29, 0.717) is 0 Å². The SMILES string of the molecule is Cc1ccsc1C[C@@H]1C(=O)N(C)c2ccc(Br)cc21. The van der Waals surface area contributed by atoms with Gasteiger partial charge in [0.1, 0.15) is 0 Å². The number of hydrogen-bond donors (Lipinski definition) is 0. The molecular formula is C15H14BrNOS. The molecular weight excluding hydrogens is 322 g/mol. The number of rotatable bonds is 2. The third kappa shape index (κ3) is 2.13. The Morgan fingerprint density at radius 1 is 1.37 bits per heavy atom. The van der Waals surface area contributed by atoms with Crippen LogP contribution in [0.25, 0.3) is 0 Å². The Morgan fingerprint density at radius 3 is 2.84 bits per heavy atom. The van der Waals surface area contributed by atoms with E-state index in [4.69, 9.17) is 0 Å². The van der Waals surface area contributed by atoms with Crippen LogP contribution >= 0.6 is 27.3 Å². The second-order valence-electron chi connectivity index (χ2n) is 4.88. The van der Waals surface area contributed by atoms with Gasteiger partial charge in [-0.25, -0.2) is 0 Å². The van der Waals surface area contributed by atoms with Crippen molar-refractivity contribution in [2.45, 2.75) is 19.3 Å². The van der Waals surface area contributed by atoms with Gasteiger partial charge in [-0.15, -0.1) is 11.3 Å². The Labute approximate surface area is 125 Å². The van der Waals surface area contributed by atoms with Crippen molar-refractivity contribution >= 4 is 38.9 Å². The van der Waals surface area contributed by atoms with Crippen molar-refractivity contribution in [1.29, 1.82) is 0 Å². The first-order chi connectivity index (χ1) is 9.08. The fourth-order valence-corrected chi connectivity index (χ4v) is 3.92. The fraction of sp³-hybridized carbons (Fsp3) is 0.267. The molecule has 0 N–H and O–H groups in total. The van der Waals surface area contributed by atoms with Gasteiger partial charge in [0.15, 0.2) is 0 Å². The molecule has 0 fully saturated rings. The number of anilines is 1. The molecule has 4 heteroatoms. The summed E-state index contributed by atoms with van der Waals surface area (Å²) in [6.45, 7) is 2.11. The predicted molar refractivity (Wildman–Crippen MR) is 83.1 cm³/mol. The molecule has 0 aliphatic carbocycles. The topological polar surface area (TPSA) is 20.3 Å². The van der Waals surface area contributed by atoms with E-state index in [9.17, 15) is 4.79 Å². The highest BCUT2D eigenvalue weighted by Gasteiger charge is 2.35. The van der Waals surface area contributed by atoms with Crippen LogP contribution in [-0.2, 0) is 11.2 Å². The molecule has 1 aromatic heterocycles. The zero-order valence-electron chi connectivity index (χ0n) is 10.8. The monoisotopic (exact) mass is 335 g/mol. The number of amides is 1. The van der Waals surface area contributed by atoms with Gasteiger partial charge in [-0.05, 0) is 54.1 Å². The Morgan fingerprint density at radius 2 is 2.16 bits per heavy atom. The van der Waals surface area contributed by atoms with Crippen LogP contribution in [0.1, 0.15) is 21.9 Å². The number of carbonyl (C=O) groups is 1. The highest BCUT2D eigenvalue weighted by Crippen LogP contribution is 2.40. The fourth-order valence-electron chi connectivity index (χ4n) is 2.59. The molecule has 0 saturated carbocycles. The van der Waals surface area contributed by atoms with Crippen LogP contribution in [0.15, 0.2) is 34.1 Å². The molecule has 1 aromatic carbocycles. The van der Waals surface area contributed by atoms with Gasteiger partial charge in [0, 0.05) is 22.1 Å². The average Bonchev–Trinajstić information content (AvgIpc) is 2.88. The summed E-state index contributed by atoms with van der Waals surface area (Å²) < 4.78 is 1.03. The van der Waals surface area contributed by atoms with E-state index in [-0.39, 0.29) is 11.8 Å². The highest BCUT2D eigenvalue weighted by atomic mass is 79.9. The van der Waals surface area contributed by atoms with Crippen molar-refractivity contribution in [1.82, 2.24) is 0 Å². The number of halogens is 1. The van der Waals surface area contributed by atoms with Gasteiger partial charge >= 0.3 is 0 Å². The lowest BCUT2D eigenvalue weighted by molar-refractivity contribution is -0.119. The molecule has 0 spiro atoms. The molecule has 2 aromatic rings. The maximum absolute atomic E-state index is 12.4. The quantitative estimate of drug-likeness (QED) is 0.808. The lowest BCUT2D eigenvalue weighted by Crippen LogP contribution is -2.24. The van der Waals surface area contributed by atoms with E-state index in [2.05, 4.69) is 40.4 Å². The molecule has 0 radical (unpaired) electrons. The van der Waals surface area contributed by atoms with E-state index in [1.54, 1.807) is 16.2 Å². The molecule has 2 nitrogen and oxygen atoms in total. The van der Waals surface area contributed by atoms with E-state index >= 15 is 0 Å². The summed E-state index contributed by atoms with van der Waals surface area (Å²) in [5.41, 5.74) is 3.45. The predicted octanol–water partition coefficient (Wildman–Crippen LogP) is 4.12. The molecule has 98 valence electrons. The van der Waals surface area contributed by atoms with Crippen molar-refractivity contribution in [3.8, 4) is 0 Å². The lowest BCUT2D eigenvalue weighted by atomic mass is 9.95. The van der Waals surface area contributed by atoms with Crippen LogP contribution in [0.2, 0.25) is 0 Å². The summed E-state index contributed by atoms with van der Waals surface area (Å²) in [6, 6.07) is 8.19. The third-order valence-corrected chi connectivity index (χ3v) is 5.25. The van der Waals surface area contributed by atoms with E-state index in [1.807, 2.05) is 19.2 Å². The summed E-state index contributed by atoms with van der Waals surface area (Å²) in [6.07, 6.45) is 0.802. The van der Waals surface area contributed by atoms with E-state index in [1.165, 1.54) is 10.4 Å². The Balaban J connectivity index is 2.01. The number of fused-ring (bicyclic) bond motifs is 1. The molecule has 1 amide bonds. The molecule has 19 heavy (non-hydrogen) atoms. The number of likely N-dealkylation sites (N-methyl/N-ethyl adjacent to an activating group) is 1. The summed E-state index contributed by atoms with van der Waals surface area (Å²) in [5.74, 6) is 0.149. The molecule has 1 atom stereocenters. The summed E-state index contributed by atoms with van der Waals surface area (Å²) >= 11 is 5.23. The second kappa shape index (κ2) is 4.76. The minimum Gasteiger partial charge on any atom is -0.315 e. The first-order valence-electron chi connectivity index (χ1n) is 6.18. The second-order valence-corrected chi connectivity index (χ2v) is 6.80. The molecule has 1 aliphatic rings. The van der Waals surface area contributed by atoms with Gasteiger partial charge in [-0.3, -0.25) is 4.79 Å². The van der Waals surface area contributed by atoms with E-state index in [0.717, 1.165) is 22.1 Å². The summed E-state index contributed by atoms with van der Waals surface area (Å²) in [4.78, 5) is 15.5. The van der Waals surface area contributed by atoms with Crippen LogP contribution in [0.5, 0.6) is 0 Å². The van der Waals surface area contributed by atoms with Crippen LogP contribution in [0.4, 0.5) is 5.69 Å². The molecule has 0 saturated heterocycles. The maximum Gasteiger partial charge on any atom is 0.234 e. The average molecular weight is 336 g/mol. The van der Waals surface area contributed by atoms with Gasteiger partial charge in [0.25, 0.3) is 0 Å². The van der Waals surface area contributed by atoms with Crippen molar-refractivity contribution in [3.63, 3.8) is 0 Å². The minimum absolute atomic E-state index is 0.0464. The van der Waals surface area contributed by atoms with Gasteiger partial charge in [0.2, 0.25) is 5.91 Å². The van der Waals surface area contributed by atoms with Crippen LogP contribution in [-0.4, -0.2) is 13.0 Å². The van der Waals surface area contributed by atoms with Crippen molar-refractivity contribution < 1.29 is 4.79 Å². The number of carbonyl (C=O) groups excluding carboxylic acids is 1. The van der Waals surface area contributed by atoms with Gasteiger partial charge in [0.05, 0.1) is 5.92 Å². The van der Waals surface area contributed by atoms with Gasteiger partial charge in [-0.1, -0.05) is 15.9 Å². The van der Waals surface area contributed by atoms with Crippen molar-refractivity contribution in [2.75, 3.05) is 11.9 Å². The number of thiophene rings is 1. The molecule has 2 heterocycles. The van der Waals surface area contributed by atoms with Crippen LogP contribution < -0.4 is 4.90 Å². The number of aryl methyl sites for hydroxylation is 1. The highest BCUT2D eigenvalue weighted by molar-refractivity contribution is 9.10. The Hall–Kier alpha value is -1.13. The Kier molecular flexibility index (Phi) is 3.23. The van der Waals surface area contributed by atoms with Gasteiger partial charge < -0.3 is 4.90 Å². The van der Waals surface area contributed by atoms with Crippen LogP contribution in [0.3, 0.4) is 0 Å². The number of hydrogen-bond acceptors (Lipinski definition) is 2. The molecule has 3 rings (SSSR count). The molecule has 1 aliphatic heterocycles. The number of nitrogens with zero attached hydrogens (tertiary/aromatic N) is 1. The van der Waals surface area contributed by atoms with Crippen molar-refractivity contribution in [3.05, 3.63) is 50.1 Å². The van der Waals surface area contributed by atoms with E-state index < -0.39 is 0 Å². The summed E-state index contributed by atoms with van der Waals surface area (Å²) in [7, 11) is 1.86. The third-order valence-electron chi connectivity index (χ3n) is 3.71. The minimum atomic E-state index is -0.0464. The first-order valence-corrected chi connectivity index (χ1v) is 7.85. The standard InChI is InChI=1S/C15H14BrNOS/c1-9-5-6-19-14(9)8-12-11-7-10(16)3-4-13(11)17(2)15(12)18/h3-7,12H,8H2,1-2H3/t12-/m0/s1.